The molecule has 2 N–H and O–H groups in total. The maximum absolute atomic E-state index is 12.0. The Kier molecular flexibility index (Phi) is 7.25. The predicted molar refractivity (Wildman–Crippen MR) is 74.4 cm³/mol. The number of benzene rings is 1. The summed E-state index contributed by atoms with van der Waals surface area (Å²) in [4.78, 5) is -0.297. The Labute approximate surface area is 130 Å². The molecule has 120 valence electrons. The Balaban J connectivity index is 2.77. The summed E-state index contributed by atoms with van der Waals surface area (Å²) in [5, 5.41) is 9.03. The zero-order valence-electron chi connectivity index (χ0n) is 10.7. The highest BCUT2D eigenvalue weighted by atomic mass is 35.5. The first kappa shape index (κ1) is 18.5. The van der Waals surface area contributed by atoms with Crippen LogP contribution in [0.5, 0.6) is 0 Å². The fraction of sp³-hybridized carbons (Fsp3) is 0.455. The van der Waals surface area contributed by atoms with Gasteiger partial charge in [0.2, 0.25) is 10.0 Å². The van der Waals surface area contributed by atoms with Crippen molar-refractivity contribution in [3.05, 3.63) is 27.7 Å². The molecule has 0 fully saturated rings. The number of hydrogen-bond acceptors (Lipinski definition) is 4. The van der Waals surface area contributed by atoms with E-state index in [1.54, 1.807) is 0 Å². The van der Waals surface area contributed by atoms with Gasteiger partial charge in [0.25, 0.3) is 6.43 Å². The molecule has 1 aromatic carbocycles. The van der Waals surface area contributed by atoms with Crippen molar-refractivity contribution in [1.29, 1.82) is 0 Å². The molecule has 21 heavy (non-hydrogen) atoms. The minimum absolute atomic E-state index is 0.0952. The molecule has 1 aromatic rings. The third-order valence-electron chi connectivity index (χ3n) is 2.32. The number of hydrogen-bond donors (Lipinski definition) is 2. The summed E-state index contributed by atoms with van der Waals surface area (Å²) >= 11 is 11.6. The van der Waals surface area contributed by atoms with E-state index in [0.717, 1.165) is 6.07 Å². The van der Waals surface area contributed by atoms with Crippen molar-refractivity contribution in [2.24, 2.45) is 0 Å². The molecule has 0 saturated heterocycles. The van der Waals surface area contributed by atoms with Crippen molar-refractivity contribution < 1.29 is 27.0 Å². The minimum atomic E-state index is -3.99. The number of alkyl halides is 2. The Morgan fingerprint density at radius 1 is 1.33 bits per heavy atom. The van der Waals surface area contributed by atoms with E-state index >= 15 is 0 Å². The van der Waals surface area contributed by atoms with Gasteiger partial charge < -0.3 is 9.84 Å². The predicted octanol–water partition coefficient (Wildman–Crippen LogP) is 2.05. The number of rotatable bonds is 8. The molecule has 0 spiro atoms. The van der Waals surface area contributed by atoms with Gasteiger partial charge in [0.1, 0.15) is 11.5 Å². The largest absolute Gasteiger partial charge is 0.392 e. The zero-order valence-corrected chi connectivity index (χ0v) is 13.0. The van der Waals surface area contributed by atoms with E-state index in [-0.39, 0.29) is 33.7 Å². The van der Waals surface area contributed by atoms with E-state index < -0.39 is 29.7 Å². The van der Waals surface area contributed by atoms with Gasteiger partial charge in [-0.15, -0.1) is 0 Å². The lowest BCUT2D eigenvalue weighted by Gasteiger charge is -2.11. The molecule has 5 nitrogen and oxygen atoms in total. The van der Waals surface area contributed by atoms with E-state index in [2.05, 4.69) is 9.46 Å². The first-order chi connectivity index (χ1) is 9.77. The van der Waals surface area contributed by atoms with Gasteiger partial charge in [-0.05, 0) is 17.7 Å². The summed E-state index contributed by atoms with van der Waals surface area (Å²) in [5.41, 5.74) is 0.165. The Bertz CT molecular complexity index is 584. The van der Waals surface area contributed by atoms with Crippen LogP contribution in [0.2, 0.25) is 10.0 Å². The van der Waals surface area contributed by atoms with E-state index in [9.17, 15) is 17.2 Å². The second-order valence-corrected chi connectivity index (χ2v) is 6.45. The van der Waals surface area contributed by atoms with Crippen molar-refractivity contribution >= 4 is 33.2 Å². The molecule has 0 aliphatic rings. The zero-order chi connectivity index (χ0) is 16.0. The molecule has 0 heterocycles. The van der Waals surface area contributed by atoms with Gasteiger partial charge in [0.05, 0.1) is 18.2 Å². The lowest BCUT2D eigenvalue weighted by molar-refractivity contribution is 0.0199. The number of aliphatic hydroxyl groups excluding tert-OH is 1. The van der Waals surface area contributed by atoms with Crippen LogP contribution in [0.25, 0.3) is 0 Å². The highest BCUT2D eigenvalue weighted by molar-refractivity contribution is 7.89. The second kappa shape index (κ2) is 8.21. The average molecular weight is 364 g/mol. The summed E-state index contributed by atoms with van der Waals surface area (Å²) in [6.45, 7) is -1.66. The molecule has 0 aliphatic heterocycles. The average Bonchev–Trinajstić information content (AvgIpc) is 2.40. The molecule has 0 aliphatic carbocycles. The lowest BCUT2D eigenvalue weighted by atomic mass is 10.2. The molecular formula is C11H13Cl2F2NO4S. The van der Waals surface area contributed by atoms with Gasteiger partial charge in [-0.25, -0.2) is 21.9 Å². The Hall–Kier alpha value is -0.510. The molecule has 1 rings (SSSR count). The van der Waals surface area contributed by atoms with Crippen molar-refractivity contribution in [3.8, 4) is 0 Å². The summed E-state index contributed by atoms with van der Waals surface area (Å²) in [6.07, 6.45) is -2.61. The van der Waals surface area contributed by atoms with Crippen LogP contribution < -0.4 is 4.72 Å². The van der Waals surface area contributed by atoms with Gasteiger partial charge in [-0.1, -0.05) is 23.2 Å². The van der Waals surface area contributed by atoms with Crippen molar-refractivity contribution in [3.63, 3.8) is 0 Å². The first-order valence-corrected chi connectivity index (χ1v) is 7.96. The Morgan fingerprint density at radius 3 is 2.57 bits per heavy atom. The van der Waals surface area contributed by atoms with Crippen molar-refractivity contribution in [2.45, 2.75) is 17.9 Å². The minimum Gasteiger partial charge on any atom is -0.392 e. The van der Waals surface area contributed by atoms with Crippen LogP contribution in [0.15, 0.2) is 17.0 Å². The number of halogens is 4. The van der Waals surface area contributed by atoms with Crippen LogP contribution in [-0.2, 0) is 21.4 Å². The normalized spacial score (nSPS) is 12.1. The summed E-state index contributed by atoms with van der Waals surface area (Å²) in [6, 6.07) is 2.47. The van der Waals surface area contributed by atoms with Gasteiger partial charge in [-0.2, -0.15) is 0 Å². The second-order valence-electron chi connectivity index (χ2n) is 3.90. The molecule has 0 aromatic heterocycles. The standard InChI is InChI=1S/C11H13Cl2F2NO4S/c12-8-3-7(5-17)11(13)9(4-8)21(18,19)16-1-2-20-6-10(14)15/h3-4,10,16-17H,1-2,5-6H2. The van der Waals surface area contributed by atoms with Crippen LogP contribution in [0.3, 0.4) is 0 Å². The lowest BCUT2D eigenvalue weighted by Crippen LogP contribution is -2.28. The smallest absolute Gasteiger partial charge is 0.261 e. The fourth-order valence-corrected chi connectivity index (χ4v) is 3.36. The molecule has 0 amide bonds. The summed E-state index contributed by atoms with van der Waals surface area (Å²) < 4.78 is 54.4. The molecular weight excluding hydrogens is 351 g/mol. The van der Waals surface area contributed by atoms with E-state index in [4.69, 9.17) is 28.3 Å². The number of ether oxygens (including phenoxy) is 1. The van der Waals surface area contributed by atoms with Crippen LogP contribution in [0.4, 0.5) is 8.78 Å². The quantitative estimate of drug-likeness (QED) is 0.693. The van der Waals surface area contributed by atoms with E-state index in [1.165, 1.54) is 6.07 Å². The van der Waals surface area contributed by atoms with Crippen LogP contribution in [0, 0.1) is 0 Å². The van der Waals surface area contributed by atoms with Gasteiger partial charge in [-0.3, -0.25) is 0 Å². The van der Waals surface area contributed by atoms with Crippen molar-refractivity contribution in [2.75, 3.05) is 19.8 Å². The van der Waals surface area contributed by atoms with Crippen molar-refractivity contribution in [1.82, 2.24) is 4.72 Å². The van der Waals surface area contributed by atoms with Crippen LogP contribution >= 0.6 is 23.2 Å². The third kappa shape index (κ3) is 5.65. The molecule has 0 radical (unpaired) electrons. The molecule has 0 atom stereocenters. The van der Waals surface area contributed by atoms with E-state index in [0.29, 0.717) is 0 Å². The highest BCUT2D eigenvalue weighted by Crippen LogP contribution is 2.29. The Morgan fingerprint density at radius 2 is 2.00 bits per heavy atom. The maximum atomic E-state index is 12.0. The van der Waals surface area contributed by atoms with Crippen LogP contribution in [0.1, 0.15) is 5.56 Å². The van der Waals surface area contributed by atoms with Gasteiger partial charge in [0, 0.05) is 11.6 Å². The molecule has 0 bridgehead atoms. The molecule has 0 unspecified atom stereocenters. The van der Waals surface area contributed by atoms with E-state index in [1.807, 2.05) is 0 Å². The first-order valence-electron chi connectivity index (χ1n) is 5.72. The maximum Gasteiger partial charge on any atom is 0.261 e. The topological polar surface area (TPSA) is 75.6 Å². The SMILES string of the molecule is O=S(=O)(NCCOCC(F)F)c1cc(Cl)cc(CO)c1Cl. The fourth-order valence-electron chi connectivity index (χ4n) is 1.43. The summed E-state index contributed by atoms with van der Waals surface area (Å²) in [5.74, 6) is 0. The number of nitrogens with one attached hydrogen (secondary N) is 1. The number of aliphatic hydroxyl groups is 1. The number of sulfonamides is 1. The molecule has 10 heteroatoms. The van der Waals surface area contributed by atoms with Crippen LogP contribution in [-0.4, -0.2) is 39.7 Å². The molecule has 0 saturated carbocycles. The van der Waals surface area contributed by atoms with Gasteiger partial charge in [0.15, 0.2) is 0 Å². The summed E-state index contributed by atoms with van der Waals surface area (Å²) in [7, 11) is -3.99. The monoisotopic (exact) mass is 363 g/mol. The third-order valence-corrected chi connectivity index (χ3v) is 4.58. The highest BCUT2D eigenvalue weighted by Gasteiger charge is 2.20. The van der Waals surface area contributed by atoms with Gasteiger partial charge >= 0.3 is 0 Å².